The van der Waals surface area contributed by atoms with E-state index in [4.69, 9.17) is 19.6 Å². The zero-order valence-corrected chi connectivity index (χ0v) is 8.14. The molecule has 5 heteroatoms. The molecule has 0 aliphatic heterocycles. The van der Waals surface area contributed by atoms with E-state index in [0.29, 0.717) is 11.5 Å². The fourth-order valence-electron chi connectivity index (χ4n) is 1.08. The number of aromatic nitrogens is 1. The maximum atomic E-state index is 5.35. The molecule has 0 unspecified atom stereocenters. The molecule has 78 valence electrons. The summed E-state index contributed by atoms with van der Waals surface area (Å²) in [7, 11) is 1.59. The van der Waals surface area contributed by atoms with Gasteiger partial charge in [0.1, 0.15) is 11.5 Å². The van der Waals surface area contributed by atoms with E-state index >= 15 is 0 Å². The summed E-state index contributed by atoms with van der Waals surface area (Å²) >= 11 is 0. The van der Waals surface area contributed by atoms with Crippen molar-refractivity contribution in [1.82, 2.24) is 4.98 Å². The second-order valence-electron chi connectivity index (χ2n) is 2.81. The number of nitrogen functional groups attached to an aromatic ring is 1. The van der Waals surface area contributed by atoms with Gasteiger partial charge in [-0.25, -0.2) is 0 Å². The highest BCUT2D eigenvalue weighted by Gasteiger charge is 2.04. The number of ether oxygens (including phenoxy) is 2. The van der Waals surface area contributed by atoms with Gasteiger partial charge >= 0.3 is 6.08 Å². The monoisotopic (exact) mass is 206 g/mol. The van der Waals surface area contributed by atoms with Gasteiger partial charge in [-0.3, -0.25) is 0 Å². The molecule has 2 aromatic rings. The zero-order chi connectivity index (χ0) is 10.7. The second-order valence-corrected chi connectivity index (χ2v) is 2.81. The van der Waals surface area contributed by atoms with Crippen LogP contribution in [0.5, 0.6) is 17.6 Å². The van der Waals surface area contributed by atoms with Crippen LogP contribution in [0.1, 0.15) is 0 Å². The van der Waals surface area contributed by atoms with Crippen molar-refractivity contribution < 1.29 is 13.9 Å². The third-order valence-electron chi connectivity index (χ3n) is 1.75. The van der Waals surface area contributed by atoms with Gasteiger partial charge in [0.25, 0.3) is 0 Å². The van der Waals surface area contributed by atoms with Crippen molar-refractivity contribution in [1.29, 1.82) is 0 Å². The Morgan fingerprint density at radius 3 is 2.80 bits per heavy atom. The van der Waals surface area contributed by atoms with Gasteiger partial charge in [-0.1, -0.05) is 6.07 Å². The molecule has 2 N–H and O–H groups in total. The average molecular weight is 206 g/mol. The number of oxazole rings is 1. The molecule has 0 amide bonds. The number of methoxy groups -OCH3 is 1. The van der Waals surface area contributed by atoms with Gasteiger partial charge in [0.05, 0.1) is 13.3 Å². The summed E-state index contributed by atoms with van der Waals surface area (Å²) in [6.45, 7) is 0. The smallest absolute Gasteiger partial charge is 0.400 e. The Bertz CT molecular complexity index is 453. The van der Waals surface area contributed by atoms with Gasteiger partial charge in [-0.2, -0.15) is 4.98 Å². The van der Waals surface area contributed by atoms with Gasteiger partial charge in [-0.05, 0) is 12.1 Å². The van der Waals surface area contributed by atoms with Gasteiger partial charge in [0.15, 0.2) is 0 Å². The van der Waals surface area contributed by atoms with E-state index in [1.165, 1.54) is 6.20 Å². The lowest BCUT2D eigenvalue weighted by Crippen LogP contribution is -1.86. The standard InChI is InChI=1S/C10H10N2O3/c1-13-7-3-2-4-8(5-7)14-10-12-6-9(11)15-10/h2-6H,11H2,1H3. The predicted molar refractivity (Wildman–Crippen MR) is 54.0 cm³/mol. The lowest BCUT2D eigenvalue weighted by Gasteiger charge is -2.02. The minimum atomic E-state index is 0.112. The van der Waals surface area contributed by atoms with Crippen LogP contribution in [-0.2, 0) is 0 Å². The molecule has 5 nitrogen and oxygen atoms in total. The summed E-state index contributed by atoms with van der Waals surface area (Å²) in [6.07, 6.45) is 1.50. The first kappa shape index (κ1) is 9.39. The van der Waals surface area contributed by atoms with E-state index in [9.17, 15) is 0 Å². The van der Waals surface area contributed by atoms with Crippen molar-refractivity contribution >= 4 is 5.88 Å². The van der Waals surface area contributed by atoms with Crippen LogP contribution < -0.4 is 15.2 Å². The van der Waals surface area contributed by atoms with Crippen molar-refractivity contribution in [3.05, 3.63) is 30.5 Å². The van der Waals surface area contributed by atoms with Gasteiger partial charge < -0.3 is 19.6 Å². The summed E-state index contributed by atoms with van der Waals surface area (Å²) in [4.78, 5) is 3.81. The van der Waals surface area contributed by atoms with Gasteiger partial charge in [-0.15, -0.1) is 0 Å². The van der Waals surface area contributed by atoms with E-state index in [-0.39, 0.29) is 12.0 Å². The summed E-state index contributed by atoms with van der Waals surface area (Å²) in [5, 5.41) is 0. The maximum absolute atomic E-state index is 5.35. The molecule has 0 spiro atoms. The van der Waals surface area contributed by atoms with Crippen LogP contribution in [0.2, 0.25) is 0 Å². The number of hydrogen-bond donors (Lipinski definition) is 1. The fraction of sp³-hybridized carbons (Fsp3) is 0.100. The Morgan fingerprint density at radius 2 is 2.13 bits per heavy atom. The summed E-state index contributed by atoms with van der Waals surface area (Å²) in [5.41, 5.74) is 5.35. The van der Waals surface area contributed by atoms with Crippen molar-refractivity contribution in [2.45, 2.75) is 0 Å². The molecule has 0 saturated heterocycles. The number of nitrogens with two attached hydrogens (primary N) is 1. The zero-order valence-electron chi connectivity index (χ0n) is 8.14. The number of benzene rings is 1. The minimum Gasteiger partial charge on any atom is -0.497 e. The Hall–Kier alpha value is -2.17. The van der Waals surface area contributed by atoms with Crippen LogP contribution in [0, 0.1) is 0 Å². The first-order valence-corrected chi connectivity index (χ1v) is 4.31. The number of anilines is 1. The molecule has 0 aliphatic carbocycles. The minimum absolute atomic E-state index is 0.112. The summed E-state index contributed by atoms with van der Waals surface area (Å²) < 4.78 is 15.3. The quantitative estimate of drug-likeness (QED) is 0.832. The van der Waals surface area contributed by atoms with E-state index in [2.05, 4.69) is 4.98 Å². The maximum Gasteiger partial charge on any atom is 0.400 e. The largest absolute Gasteiger partial charge is 0.497 e. The fourth-order valence-corrected chi connectivity index (χ4v) is 1.08. The van der Waals surface area contributed by atoms with Crippen LogP contribution in [0.25, 0.3) is 0 Å². The number of rotatable bonds is 3. The Labute approximate surface area is 86.4 Å². The highest BCUT2D eigenvalue weighted by Crippen LogP contribution is 2.25. The van der Waals surface area contributed by atoms with Crippen LogP contribution in [0.4, 0.5) is 5.88 Å². The van der Waals surface area contributed by atoms with E-state index in [1.54, 1.807) is 25.3 Å². The lowest BCUT2D eigenvalue weighted by atomic mass is 10.3. The van der Waals surface area contributed by atoms with Crippen molar-refractivity contribution in [3.8, 4) is 17.6 Å². The first-order valence-electron chi connectivity index (χ1n) is 4.31. The molecule has 15 heavy (non-hydrogen) atoms. The molecule has 0 bridgehead atoms. The average Bonchev–Trinajstić information content (AvgIpc) is 2.64. The topological polar surface area (TPSA) is 70.5 Å². The molecule has 0 atom stereocenters. The lowest BCUT2D eigenvalue weighted by molar-refractivity contribution is 0.334. The molecule has 1 aromatic heterocycles. The molecule has 2 rings (SSSR count). The Kier molecular flexibility index (Phi) is 2.45. The highest BCUT2D eigenvalue weighted by molar-refractivity contribution is 5.34. The number of nitrogens with zero attached hydrogens (tertiary/aromatic N) is 1. The highest BCUT2D eigenvalue weighted by atomic mass is 16.6. The van der Waals surface area contributed by atoms with Crippen molar-refractivity contribution in [2.75, 3.05) is 12.8 Å². The first-order chi connectivity index (χ1) is 7.28. The molecule has 1 aromatic carbocycles. The third kappa shape index (κ3) is 2.19. The SMILES string of the molecule is COc1cccc(Oc2ncc(N)o2)c1. The molecule has 0 aliphatic rings. The molecule has 0 fully saturated rings. The summed E-state index contributed by atoms with van der Waals surface area (Å²) in [5.74, 6) is 1.50. The van der Waals surface area contributed by atoms with E-state index in [0.717, 1.165) is 0 Å². The van der Waals surface area contributed by atoms with Crippen LogP contribution in [0.3, 0.4) is 0 Å². The second kappa shape index (κ2) is 3.91. The van der Waals surface area contributed by atoms with Crippen LogP contribution in [0.15, 0.2) is 34.9 Å². The third-order valence-corrected chi connectivity index (χ3v) is 1.75. The Morgan fingerprint density at radius 1 is 1.33 bits per heavy atom. The van der Waals surface area contributed by atoms with E-state index in [1.807, 2.05) is 6.07 Å². The normalized spacial score (nSPS) is 9.93. The predicted octanol–water partition coefficient (Wildman–Crippen LogP) is 2.06. The van der Waals surface area contributed by atoms with Gasteiger partial charge in [0.2, 0.25) is 5.88 Å². The van der Waals surface area contributed by atoms with E-state index < -0.39 is 0 Å². The molecular weight excluding hydrogens is 196 g/mol. The van der Waals surface area contributed by atoms with Crippen LogP contribution >= 0.6 is 0 Å². The molecule has 1 heterocycles. The molecular formula is C10H10N2O3. The van der Waals surface area contributed by atoms with Crippen molar-refractivity contribution in [3.63, 3.8) is 0 Å². The van der Waals surface area contributed by atoms with Crippen LogP contribution in [-0.4, -0.2) is 12.1 Å². The number of hydrogen-bond acceptors (Lipinski definition) is 5. The molecule has 0 radical (unpaired) electrons. The summed E-state index contributed by atoms with van der Waals surface area (Å²) in [6, 6.07) is 7.11. The Balaban J connectivity index is 2.16. The molecule has 0 saturated carbocycles. The van der Waals surface area contributed by atoms with Gasteiger partial charge in [0, 0.05) is 6.07 Å². The van der Waals surface area contributed by atoms with Crippen molar-refractivity contribution in [2.24, 2.45) is 0 Å².